The largest absolute Gasteiger partial charge is 0.489 e. The van der Waals surface area contributed by atoms with Gasteiger partial charge in [0.1, 0.15) is 5.75 Å². The van der Waals surface area contributed by atoms with Gasteiger partial charge >= 0.3 is 0 Å². The number of nitrogens with zero attached hydrogens (tertiary/aromatic N) is 1. The first kappa shape index (κ1) is 15.2. The van der Waals surface area contributed by atoms with Crippen molar-refractivity contribution in [1.82, 2.24) is 0 Å². The zero-order valence-corrected chi connectivity index (χ0v) is 14.3. The molecule has 1 aromatic heterocycles. The van der Waals surface area contributed by atoms with Gasteiger partial charge in [0, 0.05) is 21.8 Å². The number of ether oxygens (including phenoxy) is 1. The van der Waals surface area contributed by atoms with Crippen molar-refractivity contribution < 1.29 is 4.74 Å². The minimum atomic E-state index is 0.117. The van der Waals surface area contributed by atoms with E-state index in [1.165, 1.54) is 4.88 Å². The summed E-state index contributed by atoms with van der Waals surface area (Å²) >= 11 is 5.21. The number of anilines is 2. The second-order valence-electron chi connectivity index (χ2n) is 4.94. The van der Waals surface area contributed by atoms with Crippen molar-refractivity contribution in [1.29, 1.82) is 0 Å². The highest BCUT2D eigenvalue weighted by atomic mass is 79.9. The van der Waals surface area contributed by atoms with Crippen molar-refractivity contribution in [3.05, 3.63) is 39.0 Å². The molecule has 0 fully saturated rings. The maximum absolute atomic E-state index is 6.22. The molecule has 3 nitrogen and oxygen atoms in total. The number of thiophene rings is 1. The zero-order valence-electron chi connectivity index (χ0n) is 11.9. The van der Waals surface area contributed by atoms with Crippen LogP contribution in [0.25, 0.3) is 0 Å². The van der Waals surface area contributed by atoms with Crippen molar-refractivity contribution in [3.8, 4) is 5.75 Å². The van der Waals surface area contributed by atoms with Crippen LogP contribution in [0.4, 0.5) is 11.4 Å². The molecule has 0 bridgehead atoms. The van der Waals surface area contributed by atoms with E-state index < -0.39 is 0 Å². The van der Waals surface area contributed by atoms with Gasteiger partial charge in [0.05, 0.1) is 24.0 Å². The number of benzene rings is 1. The lowest BCUT2D eigenvalue weighted by atomic mass is 10.2. The molecule has 1 aromatic carbocycles. The molecule has 0 amide bonds. The summed E-state index contributed by atoms with van der Waals surface area (Å²) in [6, 6.07) is 8.04. The van der Waals surface area contributed by atoms with Gasteiger partial charge in [-0.25, -0.2) is 0 Å². The summed E-state index contributed by atoms with van der Waals surface area (Å²) in [6.45, 7) is 4.82. The van der Waals surface area contributed by atoms with E-state index in [1.54, 1.807) is 11.3 Å². The molecule has 0 radical (unpaired) electrons. The molecule has 0 spiro atoms. The number of nitrogens with two attached hydrogens (primary N) is 1. The summed E-state index contributed by atoms with van der Waals surface area (Å²) in [6.07, 6.45) is 0.117. The monoisotopic (exact) mass is 354 g/mol. The Bertz CT molecular complexity index is 583. The summed E-state index contributed by atoms with van der Waals surface area (Å²) < 4.78 is 6.85. The molecule has 2 aromatic rings. The van der Waals surface area contributed by atoms with Crippen LogP contribution in [-0.2, 0) is 6.54 Å². The van der Waals surface area contributed by atoms with Crippen LogP contribution < -0.4 is 15.4 Å². The predicted octanol–water partition coefficient (Wildman–Crippen LogP) is 4.52. The van der Waals surface area contributed by atoms with Crippen molar-refractivity contribution in [2.45, 2.75) is 26.5 Å². The van der Waals surface area contributed by atoms with Crippen molar-refractivity contribution >= 4 is 38.6 Å². The maximum atomic E-state index is 6.22. The van der Waals surface area contributed by atoms with Gasteiger partial charge in [-0.2, -0.15) is 0 Å². The minimum Gasteiger partial charge on any atom is -0.489 e. The second kappa shape index (κ2) is 6.50. The summed E-state index contributed by atoms with van der Waals surface area (Å²) in [4.78, 5) is 3.43. The zero-order chi connectivity index (χ0) is 14.7. The SMILES string of the molecule is CC(C)Oc1cccc(N(C)Cc2cc(Br)cs2)c1N. The van der Waals surface area contributed by atoms with E-state index in [1.807, 2.05) is 39.1 Å². The number of hydrogen-bond donors (Lipinski definition) is 1. The Labute approximate surface area is 132 Å². The minimum absolute atomic E-state index is 0.117. The second-order valence-corrected chi connectivity index (χ2v) is 6.85. The Morgan fingerprint density at radius 3 is 2.75 bits per heavy atom. The maximum Gasteiger partial charge on any atom is 0.144 e. The molecule has 0 atom stereocenters. The Balaban J connectivity index is 2.19. The smallest absolute Gasteiger partial charge is 0.144 e. The van der Waals surface area contributed by atoms with E-state index in [-0.39, 0.29) is 6.10 Å². The first-order valence-electron chi connectivity index (χ1n) is 6.46. The van der Waals surface area contributed by atoms with Crippen LogP contribution in [0.2, 0.25) is 0 Å². The standard InChI is InChI=1S/C15H19BrN2OS/c1-10(2)19-14-6-4-5-13(15(14)17)18(3)8-12-7-11(16)9-20-12/h4-7,9-10H,8,17H2,1-3H3. The molecule has 0 aliphatic carbocycles. The lowest BCUT2D eigenvalue weighted by Crippen LogP contribution is -2.18. The van der Waals surface area contributed by atoms with E-state index in [9.17, 15) is 0 Å². The predicted molar refractivity (Wildman–Crippen MR) is 90.7 cm³/mol. The van der Waals surface area contributed by atoms with Gasteiger partial charge in [0.2, 0.25) is 0 Å². The molecule has 0 aliphatic heterocycles. The lowest BCUT2D eigenvalue weighted by Gasteiger charge is -2.22. The van der Waals surface area contributed by atoms with E-state index in [4.69, 9.17) is 10.5 Å². The van der Waals surface area contributed by atoms with E-state index >= 15 is 0 Å². The molecule has 2 N–H and O–H groups in total. The topological polar surface area (TPSA) is 38.5 Å². The fourth-order valence-electron chi connectivity index (χ4n) is 1.98. The number of para-hydroxylation sites is 1. The van der Waals surface area contributed by atoms with Crippen LogP contribution in [-0.4, -0.2) is 13.2 Å². The average molecular weight is 355 g/mol. The summed E-state index contributed by atoms with van der Waals surface area (Å²) in [7, 11) is 2.04. The fraction of sp³-hybridized carbons (Fsp3) is 0.333. The Morgan fingerprint density at radius 1 is 1.40 bits per heavy atom. The van der Waals surface area contributed by atoms with E-state index in [0.29, 0.717) is 5.69 Å². The number of nitrogen functional groups attached to an aromatic ring is 1. The van der Waals surface area contributed by atoms with Gasteiger partial charge in [0.25, 0.3) is 0 Å². The highest BCUT2D eigenvalue weighted by Gasteiger charge is 2.12. The third-order valence-electron chi connectivity index (χ3n) is 2.83. The summed E-state index contributed by atoms with van der Waals surface area (Å²) in [5.41, 5.74) is 7.91. The van der Waals surface area contributed by atoms with E-state index in [0.717, 1.165) is 22.5 Å². The van der Waals surface area contributed by atoms with Crippen LogP contribution in [0.1, 0.15) is 18.7 Å². The Hall–Kier alpha value is -1.20. The van der Waals surface area contributed by atoms with Crippen molar-refractivity contribution in [2.75, 3.05) is 17.7 Å². The average Bonchev–Trinajstić information content (AvgIpc) is 2.76. The summed E-state index contributed by atoms with van der Waals surface area (Å²) in [5.74, 6) is 0.747. The van der Waals surface area contributed by atoms with Crippen LogP contribution in [0.3, 0.4) is 0 Å². The van der Waals surface area contributed by atoms with Gasteiger partial charge in [-0.1, -0.05) is 6.07 Å². The molecule has 108 valence electrons. The highest BCUT2D eigenvalue weighted by Crippen LogP contribution is 2.33. The van der Waals surface area contributed by atoms with Gasteiger partial charge in [-0.15, -0.1) is 11.3 Å². The molecule has 5 heteroatoms. The number of hydrogen-bond acceptors (Lipinski definition) is 4. The van der Waals surface area contributed by atoms with Crippen LogP contribution in [0.15, 0.2) is 34.1 Å². The fourth-order valence-corrected chi connectivity index (χ4v) is 3.48. The summed E-state index contributed by atoms with van der Waals surface area (Å²) in [5, 5.41) is 2.09. The molecule has 0 aliphatic rings. The first-order chi connectivity index (χ1) is 9.47. The molecule has 0 saturated carbocycles. The van der Waals surface area contributed by atoms with E-state index in [2.05, 4.69) is 32.3 Å². The molecule has 20 heavy (non-hydrogen) atoms. The molecule has 2 rings (SSSR count). The first-order valence-corrected chi connectivity index (χ1v) is 8.14. The van der Waals surface area contributed by atoms with Gasteiger partial charge in [-0.3, -0.25) is 0 Å². The van der Waals surface area contributed by atoms with Crippen LogP contribution >= 0.6 is 27.3 Å². The molecular weight excluding hydrogens is 336 g/mol. The number of rotatable bonds is 5. The number of halogens is 1. The third-order valence-corrected chi connectivity index (χ3v) is 4.51. The quantitative estimate of drug-likeness (QED) is 0.802. The van der Waals surface area contributed by atoms with Crippen LogP contribution in [0, 0.1) is 0 Å². The van der Waals surface area contributed by atoms with Crippen molar-refractivity contribution in [2.24, 2.45) is 0 Å². The molecule has 1 heterocycles. The molecule has 0 saturated heterocycles. The van der Waals surface area contributed by atoms with Gasteiger partial charge in [-0.05, 0) is 48.0 Å². The highest BCUT2D eigenvalue weighted by molar-refractivity contribution is 9.10. The third kappa shape index (κ3) is 3.67. The van der Waals surface area contributed by atoms with Gasteiger partial charge in [0.15, 0.2) is 0 Å². The molecular formula is C15H19BrN2OS. The molecule has 0 unspecified atom stereocenters. The van der Waals surface area contributed by atoms with Gasteiger partial charge < -0.3 is 15.4 Å². The lowest BCUT2D eigenvalue weighted by molar-refractivity contribution is 0.244. The Morgan fingerprint density at radius 2 is 2.15 bits per heavy atom. The van der Waals surface area contributed by atoms with Crippen molar-refractivity contribution in [3.63, 3.8) is 0 Å². The normalized spacial score (nSPS) is 10.8. The Kier molecular flexibility index (Phi) is 4.94. The van der Waals surface area contributed by atoms with Crippen LogP contribution in [0.5, 0.6) is 5.75 Å².